The van der Waals surface area contributed by atoms with E-state index in [0.29, 0.717) is 46.8 Å². The monoisotopic (exact) mass is 484 g/mol. The minimum absolute atomic E-state index is 0.0346. The summed E-state index contributed by atoms with van der Waals surface area (Å²) in [6, 6.07) is 12.0. The van der Waals surface area contributed by atoms with E-state index in [-0.39, 0.29) is 17.9 Å². The summed E-state index contributed by atoms with van der Waals surface area (Å²) in [6.45, 7) is 8.34. The predicted molar refractivity (Wildman–Crippen MR) is 125 cm³/mol. The van der Waals surface area contributed by atoms with Crippen LogP contribution in [0.25, 0.3) is 0 Å². The normalized spacial score (nSPS) is 16.3. The highest BCUT2D eigenvalue weighted by Crippen LogP contribution is 2.26. The molecule has 2 N–H and O–H groups in total. The summed E-state index contributed by atoms with van der Waals surface area (Å²) in [7, 11) is -3.55. The summed E-state index contributed by atoms with van der Waals surface area (Å²) in [4.78, 5) is 13.7. The van der Waals surface area contributed by atoms with Crippen LogP contribution in [0.5, 0.6) is 0 Å². The molecule has 0 atom stereocenters. The molecule has 0 aliphatic carbocycles. The first-order valence-corrected chi connectivity index (χ1v) is 12.4. The van der Waals surface area contributed by atoms with Crippen LogP contribution in [0.2, 0.25) is 10.0 Å². The maximum atomic E-state index is 13.0. The van der Waals surface area contributed by atoms with E-state index in [2.05, 4.69) is 26.1 Å². The van der Waals surface area contributed by atoms with E-state index < -0.39 is 10.0 Å². The van der Waals surface area contributed by atoms with Gasteiger partial charge in [-0.2, -0.15) is 4.31 Å². The summed E-state index contributed by atoms with van der Waals surface area (Å²) in [5, 5.41) is 3.68. The minimum Gasteiger partial charge on any atom is -0.325 e. The smallest absolute Gasteiger partial charge is 0.279 e. The van der Waals surface area contributed by atoms with Crippen molar-refractivity contribution in [2.45, 2.75) is 31.1 Å². The second-order valence-corrected chi connectivity index (χ2v) is 11.6. The quantitative estimate of drug-likeness (QED) is 0.685. The van der Waals surface area contributed by atoms with Crippen molar-refractivity contribution in [1.29, 1.82) is 0 Å². The summed E-state index contributed by atoms with van der Waals surface area (Å²) in [5.41, 5.74) is 1.53. The van der Waals surface area contributed by atoms with Gasteiger partial charge in [0.2, 0.25) is 10.0 Å². The van der Waals surface area contributed by atoms with E-state index in [1.165, 1.54) is 4.31 Å². The average Bonchev–Trinajstić information content (AvgIpc) is 2.70. The topological polar surface area (TPSA) is 70.9 Å². The first kappa shape index (κ1) is 24.0. The molecule has 0 unspecified atom stereocenters. The molecule has 1 heterocycles. The lowest BCUT2D eigenvalue weighted by Gasteiger charge is -2.31. The fourth-order valence-electron chi connectivity index (χ4n) is 3.51. The summed E-state index contributed by atoms with van der Waals surface area (Å²) < 4.78 is 27.5. The lowest BCUT2D eigenvalue weighted by Crippen LogP contribution is -3.15. The number of nitrogens with one attached hydrogen (secondary N) is 2. The van der Waals surface area contributed by atoms with Gasteiger partial charge in [-0.1, -0.05) is 56.1 Å². The van der Waals surface area contributed by atoms with Gasteiger partial charge >= 0.3 is 0 Å². The highest BCUT2D eigenvalue weighted by atomic mass is 35.5. The number of benzene rings is 2. The number of amides is 1. The van der Waals surface area contributed by atoms with Crippen molar-refractivity contribution in [2.75, 3.05) is 38.0 Å². The van der Waals surface area contributed by atoms with Crippen LogP contribution in [0.15, 0.2) is 47.4 Å². The molecule has 2 aromatic carbocycles. The van der Waals surface area contributed by atoms with Gasteiger partial charge < -0.3 is 10.2 Å². The molecule has 0 bridgehead atoms. The Morgan fingerprint density at radius 2 is 1.68 bits per heavy atom. The Balaban J connectivity index is 1.57. The number of piperazine rings is 1. The number of rotatable bonds is 5. The molecule has 1 amide bonds. The lowest BCUT2D eigenvalue weighted by atomic mass is 9.87. The highest BCUT2D eigenvalue weighted by Gasteiger charge is 2.31. The van der Waals surface area contributed by atoms with E-state index in [9.17, 15) is 13.2 Å². The van der Waals surface area contributed by atoms with Crippen LogP contribution in [0.3, 0.4) is 0 Å². The van der Waals surface area contributed by atoms with Crippen LogP contribution < -0.4 is 10.2 Å². The average molecular weight is 485 g/mol. The van der Waals surface area contributed by atoms with Gasteiger partial charge in [-0.3, -0.25) is 4.79 Å². The molecule has 6 nitrogen and oxygen atoms in total. The molecule has 0 spiro atoms. The van der Waals surface area contributed by atoms with E-state index >= 15 is 0 Å². The lowest BCUT2D eigenvalue weighted by molar-refractivity contribution is -0.895. The zero-order valence-electron chi connectivity index (χ0n) is 17.9. The zero-order valence-corrected chi connectivity index (χ0v) is 20.2. The van der Waals surface area contributed by atoms with Gasteiger partial charge in [0.05, 0.1) is 41.8 Å². The standard InChI is InChI=1S/C22H27Cl2N3O3S/c1-22(2,3)16-4-7-18(8-5-16)31(29,30)27-12-10-26(11-13-27)15-21(28)25-20-14-17(23)6-9-19(20)24/h4-9,14H,10-13,15H2,1-3H3,(H,25,28)/p+1. The van der Waals surface area contributed by atoms with Gasteiger partial charge in [0, 0.05) is 5.02 Å². The maximum absolute atomic E-state index is 13.0. The molecular weight excluding hydrogens is 457 g/mol. The number of anilines is 1. The van der Waals surface area contributed by atoms with Crippen LogP contribution in [0.4, 0.5) is 5.69 Å². The second kappa shape index (κ2) is 9.46. The maximum Gasteiger partial charge on any atom is 0.279 e. The Morgan fingerprint density at radius 3 is 2.26 bits per heavy atom. The van der Waals surface area contributed by atoms with Crippen LogP contribution in [0, 0.1) is 0 Å². The number of halogens is 2. The van der Waals surface area contributed by atoms with E-state index in [0.717, 1.165) is 10.5 Å². The Hall–Kier alpha value is -1.64. The van der Waals surface area contributed by atoms with Crippen molar-refractivity contribution < 1.29 is 18.1 Å². The SMILES string of the molecule is CC(C)(C)c1ccc(S(=O)(=O)N2CC[NH+](CC(=O)Nc3cc(Cl)ccc3Cl)CC2)cc1. The second-order valence-electron chi connectivity index (χ2n) is 8.78. The summed E-state index contributed by atoms with van der Waals surface area (Å²) >= 11 is 12.0. The van der Waals surface area contributed by atoms with Crippen LogP contribution >= 0.6 is 23.2 Å². The molecule has 0 radical (unpaired) electrons. The molecule has 1 aliphatic heterocycles. The van der Waals surface area contributed by atoms with Gasteiger partial charge in [0.1, 0.15) is 0 Å². The highest BCUT2D eigenvalue weighted by molar-refractivity contribution is 7.89. The molecule has 1 saturated heterocycles. The minimum atomic E-state index is -3.55. The van der Waals surface area contributed by atoms with Crippen molar-refractivity contribution >= 4 is 44.8 Å². The van der Waals surface area contributed by atoms with E-state index in [1.54, 1.807) is 30.3 Å². The van der Waals surface area contributed by atoms with Gasteiger partial charge in [0.25, 0.3) is 5.91 Å². The zero-order chi connectivity index (χ0) is 22.8. The molecular formula is C22H28Cl2N3O3S+. The first-order valence-electron chi connectivity index (χ1n) is 10.2. The molecule has 168 valence electrons. The van der Waals surface area contributed by atoms with Crippen molar-refractivity contribution in [2.24, 2.45) is 0 Å². The Labute approximate surface area is 194 Å². The van der Waals surface area contributed by atoms with Crippen LogP contribution in [-0.4, -0.2) is 51.4 Å². The summed E-state index contributed by atoms with van der Waals surface area (Å²) in [6.07, 6.45) is 0. The Morgan fingerprint density at radius 1 is 1.06 bits per heavy atom. The van der Waals surface area contributed by atoms with Crippen LogP contribution in [-0.2, 0) is 20.2 Å². The largest absolute Gasteiger partial charge is 0.325 e. The molecule has 1 aliphatic rings. The Kier molecular flexibility index (Phi) is 7.33. The number of hydrogen-bond donors (Lipinski definition) is 2. The molecule has 9 heteroatoms. The van der Waals surface area contributed by atoms with Gasteiger partial charge in [-0.25, -0.2) is 8.42 Å². The number of carbonyl (C=O) groups is 1. The predicted octanol–water partition coefficient (Wildman–Crippen LogP) is 2.82. The molecule has 2 aromatic rings. The van der Waals surface area contributed by atoms with E-state index in [1.807, 2.05) is 12.1 Å². The number of hydrogen-bond acceptors (Lipinski definition) is 3. The fourth-order valence-corrected chi connectivity index (χ4v) is 5.29. The summed E-state index contributed by atoms with van der Waals surface area (Å²) in [5.74, 6) is -0.187. The van der Waals surface area contributed by atoms with Gasteiger partial charge in [-0.05, 0) is 41.3 Å². The van der Waals surface area contributed by atoms with Crippen molar-refractivity contribution in [3.05, 3.63) is 58.1 Å². The number of sulfonamides is 1. The number of quaternary nitrogens is 1. The van der Waals surface area contributed by atoms with Crippen molar-refractivity contribution in [3.63, 3.8) is 0 Å². The van der Waals surface area contributed by atoms with Gasteiger partial charge in [0.15, 0.2) is 6.54 Å². The van der Waals surface area contributed by atoms with Crippen LogP contribution in [0.1, 0.15) is 26.3 Å². The Bertz CT molecular complexity index is 1040. The fraction of sp³-hybridized carbons (Fsp3) is 0.409. The third kappa shape index (κ3) is 5.99. The number of nitrogens with zero attached hydrogens (tertiary/aromatic N) is 1. The first-order chi connectivity index (χ1) is 14.5. The molecule has 0 aromatic heterocycles. The third-order valence-electron chi connectivity index (χ3n) is 5.40. The number of carbonyl (C=O) groups excluding carboxylic acids is 1. The molecule has 1 fully saturated rings. The van der Waals surface area contributed by atoms with Gasteiger partial charge in [-0.15, -0.1) is 0 Å². The third-order valence-corrected chi connectivity index (χ3v) is 7.88. The van der Waals surface area contributed by atoms with Crippen molar-refractivity contribution in [3.8, 4) is 0 Å². The van der Waals surface area contributed by atoms with E-state index in [4.69, 9.17) is 23.2 Å². The molecule has 0 saturated carbocycles. The van der Waals surface area contributed by atoms with Crippen molar-refractivity contribution in [1.82, 2.24) is 4.31 Å². The molecule has 31 heavy (non-hydrogen) atoms. The molecule has 3 rings (SSSR count).